The molecule has 0 saturated carbocycles. The molecule has 0 bridgehead atoms. The van der Waals surface area contributed by atoms with Crippen LogP contribution in [0.4, 0.5) is 0 Å². The van der Waals surface area contributed by atoms with Crippen molar-refractivity contribution in [2.45, 2.75) is 25.5 Å². The third kappa shape index (κ3) is 4.07. The number of halogens is 1. The summed E-state index contributed by atoms with van der Waals surface area (Å²) in [7, 11) is -3.23. The third-order valence-corrected chi connectivity index (χ3v) is 5.85. The van der Waals surface area contributed by atoms with Crippen molar-refractivity contribution in [3.8, 4) is 5.75 Å². The molecule has 0 amide bonds. The molecule has 1 rings (SSSR count). The summed E-state index contributed by atoms with van der Waals surface area (Å²) in [6.07, 6.45) is 0. The molecule has 1 aromatic rings. The number of rotatable bonds is 5. The van der Waals surface area contributed by atoms with Crippen LogP contribution in [-0.4, -0.2) is 30.5 Å². The molecule has 112 valence electrons. The van der Waals surface area contributed by atoms with Crippen molar-refractivity contribution in [3.05, 3.63) is 28.8 Å². The van der Waals surface area contributed by atoms with Crippen LogP contribution in [0.2, 0.25) is 5.02 Å². The Morgan fingerprint density at radius 2 is 2.00 bits per heavy atom. The fourth-order valence-corrected chi connectivity index (χ4v) is 2.88. The predicted octanol–water partition coefficient (Wildman–Crippen LogP) is 2.57. The zero-order valence-electron chi connectivity index (χ0n) is 11.6. The highest BCUT2D eigenvalue weighted by atomic mass is 35.5. The monoisotopic (exact) mass is 335 g/mol. The number of hydrogen-bond acceptors (Lipinski definition) is 4. The van der Waals surface area contributed by atoms with E-state index in [2.05, 4.69) is 0 Å². The Balaban J connectivity index is 2.83. The predicted molar refractivity (Wildman–Crippen MR) is 86.4 cm³/mol. The summed E-state index contributed by atoms with van der Waals surface area (Å²) >= 11 is 10.9. The zero-order chi connectivity index (χ0) is 15.6. The highest BCUT2D eigenvalue weighted by molar-refractivity contribution is 7.92. The molecule has 7 heteroatoms. The Morgan fingerprint density at radius 1 is 1.40 bits per heavy atom. The van der Waals surface area contributed by atoms with Crippen LogP contribution >= 0.6 is 23.8 Å². The first-order valence-electron chi connectivity index (χ1n) is 5.99. The summed E-state index contributed by atoms with van der Waals surface area (Å²) in [4.78, 5) is 0.115. The molecule has 1 aromatic carbocycles. The maximum atomic E-state index is 12.0. The summed E-state index contributed by atoms with van der Waals surface area (Å²) in [6.45, 7) is 4.99. The van der Waals surface area contributed by atoms with E-state index in [4.69, 9.17) is 34.3 Å². The van der Waals surface area contributed by atoms with Gasteiger partial charge in [-0.05, 0) is 32.9 Å². The van der Waals surface area contributed by atoms with Gasteiger partial charge in [-0.2, -0.15) is 0 Å². The lowest BCUT2D eigenvalue weighted by molar-refractivity contribution is 0.339. The van der Waals surface area contributed by atoms with Crippen LogP contribution in [0.1, 0.15) is 26.3 Å². The molecule has 0 atom stereocenters. The summed E-state index contributed by atoms with van der Waals surface area (Å²) in [5, 5.41) is 0.383. The quantitative estimate of drug-likeness (QED) is 0.837. The molecular formula is C13H18ClNO3S2. The van der Waals surface area contributed by atoms with Gasteiger partial charge in [0.1, 0.15) is 17.3 Å². The van der Waals surface area contributed by atoms with Crippen LogP contribution in [-0.2, 0) is 9.84 Å². The van der Waals surface area contributed by atoms with E-state index >= 15 is 0 Å². The first-order chi connectivity index (χ1) is 9.06. The smallest absolute Gasteiger partial charge is 0.158 e. The normalized spacial score (nSPS) is 12.2. The largest absolute Gasteiger partial charge is 0.492 e. The Hall–Kier alpha value is -0.850. The van der Waals surface area contributed by atoms with E-state index in [1.54, 1.807) is 39.0 Å². The van der Waals surface area contributed by atoms with Crippen LogP contribution in [0.5, 0.6) is 5.75 Å². The number of benzene rings is 1. The molecule has 4 nitrogen and oxygen atoms in total. The summed E-state index contributed by atoms with van der Waals surface area (Å²) < 4.78 is 28.6. The van der Waals surface area contributed by atoms with Crippen molar-refractivity contribution in [2.75, 3.05) is 12.4 Å². The van der Waals surface area contributed by atoms with Gasteiger partial charge in [0.05, 0.1) is 21.1 Å². The minimum absolute atomic E-state index is 0.0234. The molecule has 0 unspecified atom stereocenters. The number of hydrogen-bond donors (Lipinski definition) is 1. The van der Waals surface area contributed by atoms with Crippen molar-refractivity contribution in [1.29, 1.82) is 0 Å². The van der Waals surface area contributed by atoms with Gasteiger partial charge in [0.15, 0.2) is 9.84 Å². The Bertz CT molecular complexity index is 607. The third-order valence-electron chi connectivity index (χ3n) is 2.76. The molecule has 0 aromatic heterocycles. The van der Waals surface area contributed by atoms with Gasteiger partial charge in [0.25, 0.3) is 0 Å². The average molecular weight is 336 g/mol. The molecule has 0 heterocycles. The number of nitrogens with two attached hydrogens (primary N) is 1. The van der Waals surface area contributed by atoms with Crippen molar-refractivity contribution in [2.24, 2.45) is 5.73 Å². The van der Waals surface area contributed by atoms with Crippen molar-refractivity contribution in [1.82, 2.24) is 0 Å². The van der Waals surface area contributed by atoms with Crippen LogP contribution in [0.3, 0.4) is 0 Å². The fourth-order valence-electron chi connectivity index (χ4n) is 1.43. The highest BCUT2D eigenvalue weighted by Gasteiger charge is 2.28. The lowest BCUT2D eigenvalue weighted by Crippen LogP contribution is -2.32. The second-order valence-electron chi connectivity index (χ2n) is 5.26. The van der Waals surface area contributed by atoms with Gasteiger partial charge in [-0.3, -0.25) is 0 Å². The van der Waals surface area contributed by atoms with Gasteiger partial charge >= 0.3 is 0 Å². The Morgan fingerprint density at radius 3 is 2.50 bits per heavy atom. The van der Waals surface area contributed by atoms with Crippen molar-refractivity contribution >= 4 is 38.6 Å². The minimum Gasteiger partial charge on any atom is -0.492 e. The molecule has 2 N–H and O–H groups in total. The standard InChI is InChI=1S/C13H18ClNO3S2/c1-13(2,3)20(16,17)8-7-18-10-6-4-5-9(14)11(10)12(15)19/h4-6H,7-8H2,1-3H3,(H2,15,19). The number of sulfone groups is 1. The maximum Gasteiger partial charge on any atom is 0.158 e. The van der Waals surface area contributed by atoms with Gasteiger partial charge in [0.2, 0.25) is 0 Å². The van der Waals surface area contributed by atoms with Gasteiger partial charge in [-0.25, -0.2) is 8.42 Å². The van der Waals surface area contributed by atoms with E-state index in [-0.39, 0.29) is 17.3 Å². The van der Waals surface area contributed by atoms with E-state index in [0.717, 1.165) is 0 Å². The van der Waals surface area contributed by atoms with Gasteiger partial charge in [-0.1, -0.05) is 29.9 Å². The van der Waals surface area contributed by atoms with Crippen LogP contribution in [0, 0.1) is 0 Å². The lowest BCUT2D eigenvalue weighted by atomic mass is 10.2. The van der Waals surface area contributed by atoms with Gasteiger partial charge in [0, 0.05) is 0 Å². The lowest BCUT2D eigenvalue weighted by Gasteiger charge is -2.19. The zero-order valence-corrected chi connectivity index (χ0v) is 14.0. The first kappa shape index (κ1) is 17.2. The van der Waals surface area contributed by atoms with Crippen LogP contribution < -0.4 is 10.5 Å². The summed E-state index contributed by atoms with van der Waals surface area (Å²) in [5.74, 6) is 0.314. The molecule has 0 aliphatic heterocycles. The van der Waals surface area contributed by atoms with Gasteiger partial charge < -0.3 is 10.5 Å². The number of ether oxygens (including phenoxy) is 1. The van der Waals surface area contributed by atoms with E-state index < -0.39 is 14.6 Å². The molecular weight excluding hydrogens is 318 g/mol. The topological polar surface area (TPSA) is 69.4 Å². The highest BCUT2D eigenvalue weighted by Crippen LogP contribution is 2.26. The molecule has 0 saturated heterocycles. The molecule has 0 radical (unpaired) electrons. The fraction of sp³-hybridized carbons (Fsp3) is 0.462. The van der Waals surface area contributed by atoms with E-state index in [1.165, 1.54) is 0 Å². The second kappa shape index (κ2) is 6.28. The summed E-state index contributed by atoms with van der Waals surface area (Å²) in [5.41, 5.74) is 6.02. The average Bonchev–Trinajstić information content (AvgIpc) is 2.26. The van der Waals surface area contributed by atoms with Crippen LogP contribution in [0.25, 0.3) is 0 Å². The molecule has 20 heavy (non-hydrogen) atoms. The van der Waals surface area contributed by atoms with E-state index in [0.29, 0.717) is 16.3 Å². The minimum atomic E-state index is -3.23. The van der Waals surface area contributed by atoms with E-state index in [9.17, 15) is 8.42 Å². The molecule has 0 aliphatic carbocycles. The first-order valence-corrected chi connectivity index (χ1v) is 8.43. The van der Waals surface area contributed by atoms with E-state index in [1.807, 2.05) is 0 Å². The van der Waals surface area contributed by atoms with Crippen LogP contribution in [0.15, 0.2) is 18.2 Å². The molecule has 0 aliphatic rings. The van der Waals surface area contributed by atoms with Gasteiger partial charge in [-0.15, -0.1) is 0 Å². The Labute approximate surface area is 130 Å². The molecule has 0 fully saturated rings. The maximum absolute atomic E-state index is 12.0. The molecule has 0 spiro atoms. The Kier molecular flexibility index (Phi) is 5.40. The second-order valence-corrected chi connectivity index (χ2v) is 8.97. The SMILES string of the molecule is CC(C)(C)S(=O)(=O)CCOc1cccc(Cl)c1C(N)=S. The number of thiocarbonyl (C=S) groups is 1. The van der Waals surface area contributed by atoms with Crippen molar-refractivity contribution < 1.29 is 13.2 Å². The summed E-state index contributed by atoms with van der Waals surface area (Å²) in [6, 6.07) is 5.00. The van der Waals surface area contributed by atoms with Crippen molar-refractivity contribution in [3.63, 3.8) is 0 Å².